The van der Waals surface area contributed by atoms with Crippen LogP contribution in [-0.4, -0.2) is 8.42 Å². The van der Waals surface area contributed by atoms with Gasteiger partial charge in [-0.3, -0.25) is 0 Å². The molecule has 5 nitrogen and oxygen atoms in total. The van der Waals surface area contributed by atoms with E-state index in [-0.39, 0.29) is 16.4 Å². The Bertz CT molecular complexity index is 741. The molecule has 2 aromatic rings. The maximum atomic E-state index is 12.0. The molecule has 0 unspecified atom stereocenters. The smallest absolute Gasteiger partial charge is 0.339 e. The van der Waals surface area contributed by atoms with Crippen molar-refractivity contribution in [3.8, 4) is 5.75 Å². The predicted molar refractivity (Wildman–Crippen MR) is 68.7 cm³/mol. The SMILES string of the molecule is Cc1ccc(S(=O)(=O)Oc2cc(C)oc(=O)c2)cc1. The van der Waals surface area contributed by atoms with Crippen LogP contribution in [0.15, 0.2) is 50.5 Å². The molecule has 0 fully saturated rings. The van der Waals surface area contributed by atoms with Crippen LogP contribution >= 0.6 is 0 Å². The van der Waals surface area contributed by atoms with Gasteiger partial charge in [0.15, 0.2) is 5.75 Å². The van der Waals surface area contributed by atoms with Crippen molar-refractivity contribution in [3.05, 3.63) is 58.1 Å². The molecule has 19 heavy (non-hydrogen) atoms. The van der Waals surface area contributed by atoms with Crippen molar-refractivity contribution in [2.75, 3.05) is 0 Å². The zero-order valence-electron chi connectivity index (χ0n) is 10.4. The molecule has 0 amide bonds. The van der Waals surface area contributed by atoms with E-state index in [1.165, 1.54) is 25.1 Å². The molecule has 0 atom stereocenters. The van der Waals surface area contributed by atoms with Crippen molar-refractivity contribution in [2.24, 2.45) is 0 Å². The molecule has 6 heteroatoms. The molecular formula is C13H12O5S. The largest absolute Gasteiger partial charge is 0.428 e. The van der Waals surface area contributed by atoms with E-state index in [1.54, 1.807) is 12.1 Å². The van der Waals surface area contributed by atoms with Gasteiger partial charge in [0.05, 0.1) is 6.07 Å². The quantitative estimate of drug-likeness (QED) is 0.804. The van der Waals surface area contributed by atoms with E-state index in [4.69, 9.17) is 8.60 Å². The van der Waals surface area contributed by atoms with Crippen LogP contribution in [-0.2, 0) is 10.1 Å². The van der Waals surface area contributed by atoms with Crippen molar-refractivity contribution in [1.82, 2.24) is 0 Å². The molecule has 0 saturated heterocycles. The third-order valence-corrected chi connectivity index (χ3v) is 3.64. The van der Waals surface area contributed by atoms with E-state index in [1.807, 2.05) is 6.92 Å². The minimum atomic E-state index is -3.94. The Hall–Kier alpha value is -2.08. The van der Waals surface area contributed by atoms with E-state index in [9.17, 15) is 13.2 Å². The van der Waals surface area contributed by atoms with Gasteiger partial charge in [-0.2, -0.15) is 8.42 Å². The first kappa shape index (κ1) is 13.4. The molecule has 0 N–H and O–H groups in total. The standard InChI is InChI=1S/C13H12O5S/c1-9-3-5-12(6-4-9)19(15,16)18-11-7-10(2)17-13(14)8-11/h3-8H,1-2H3. The summed E-state index contributed by atoms with van der Waals surface area (Å²) >= 11 is 0. The molecule has 0 aliphatic carbocycles. The van der Waals surface area contributed by atoms with Gasteiger partial charge in [-0.1, -0.05) is 17.7 Å². The van der Waals surface area contributed by atoms with Crippen molar-refractivity contribution in [1.29, 1.82) is 0 Å². The molecule has 1 aromatic heterocycles. The molecule has 0 bridgehead atoms. The van der Waals surface area contributed by atoms with Crippen LogP contribution in [0.3, 0.4) is 0 Å². The monoisotopic (exact) mass is 280 g/mol. The second kappa shape index (κ2) is 4.89. The van der Waals surface area contributed by atoms with E-state index in [2.05, 4.69) is 0 Å². The lowest BCUT2D eigenvalue weighted by atomic mass is 10.2. The number of hydrogen-bond donors (Lipinski definition) is 0. The Morgan fingerprint density at radius 2 is 1.68 bits per heavy atom. The lowest BCUT2D eigenvalue weighted by molar-refractivity contribution is 0.453. The molecule has 0 radical (unpaired) electrons. The van der Waals surface area contributed by atoms with Crippen LogP contribution in [0.25, 0.3) is 0 Å². The first-order valence-electron chi connectivity index (χ1n) is 5.50. The van der Waals surface area contributed by atoms with Crippen LogP contribution in [0.2, 0.25) is 0 Å². The molecule has 2 rings (SSSR count). The fraction of sp³-hybridized carbons (Fsp3) is 0.154. The Labute approximate surface area is 110 Å². The fourth-order valence-corrected chi connectivity index (χ4v) is 2.42. The van der Waals surface area contributed by atoms with E-state index in [0.29, 0.717) is 0 Å². The summed E-state index contributed by atoms with van der Waals surface area (Å²) in [6, 6.07) is 8.56. The highest BCUT2D eigenvalue weighted by atomic mass is 32.2. The van der Waals surface area contributed by atoms with Gasteiger partial charge in [0.25, 0.3) is 0 Å². The molecule has 0 aliphatic rings. The first-order valence-corrected chi connectivity index (χ1v) is 6.90. The summed E-state index contributed by atoms with van der Waals surface area (Å²) in [5.74, 6) is 0.218. The Balaban J connectivity index is 2.36. The number of hydrogen-bond acceptors (Lipinski definition) is 5. The summed E-state index contributed by atoms with van der Waals surface area (Å²) in [7, 11) is -3.94. The van der Waals surface area contributed by atoms with Gasteiger partial charge in [-0.15, -0.1) is 0 Å². The van der Waals surface area contributed by atoms with Gasteiger partial charge in [0.1, 0.15) is 10.7 Å². The maximum absolute atomic E-state index is 12.0. The molecular weight excluding hydrogens is 268 g/mol. The lowest BCUT2D eigenvalue weighted by Gasteiger charge is -2.07. The van der Waals surface area contributed by atoms with Crippen LogP contribution in [0.1, 0.15) is 11.3 Å². The number of rotatable bonds is 3. The third kappa shape index (κ3) is 3.23. The van der Waals surface area contributed by atoms with Crippen LogP contribution in [0.4, 0.5) is 0 Å². The summed E-state index contributed by atoms with van der Waals surface area (Å²) in [4.78, 5) is 11.2. The molecule has 1 aromatic carbocycles. The Morgan fingerprint density at radius 3 is 2.26 bits per heavy atom. The summed E-state index contributed by atoms with van der Waals surface area (Å²) in [6.07, 6.45) is 0. The van der Waals surface area contributed by atoms with Gasteiger partial charge in [-0.25, -0.2) is 4.79 Å². The second-order valence-electron chi connectivity index (χ2n) is 4.07. The zero-order chi connectivity index (χ0) is 14.0. The van der Waals surface area contributed by atoms with Crippen molar-refractivity contribution < 1.29 is 17.0 Å². The Morgan fingerprint density at radius 1 is 1.05 bits per heavy atom. The third-order valence-electron chi connectivity index (χ3n) is 2.38. The van der Waals surface area contributed by atoms with Gasteiger partial charge >= 0.3 is 15.7 Å². The van der Waals surface area contributed by atoms with Crippen molar-refractivity contribution in [3.63, 3.8) is 0 Å². The lowest BCUT2D eigenvalue weighted by Crippen LogP contribution is -2.11. The maximum Gasteiger partial charge on any atom is 0.339 e. The molecule has 0 spiro atoms. The minimum Gasteiger partial charge on any atom is -0.428 e. The van der Waals surface area contributed by atoms with Crippen LogP contribution < -0.4 is 9.81 Å². The molecule has 0 saturated carbocycles. The average molecular weight is 280 g/mol. The summed E-state index contributed by atoms with van der Waals surface area (Å²) in [5, 5.41) is 0. The summed E-state index contributed by atoms with van der Waals surface area (Å²) in [6.45, 7) is 3.38. The Kier molecular flexibility index (Phi) is 3.44. The summed E-state index contributed by atoms with van der Waals surface area (Å²) in [5.41, 5.74) is 0.282. The number of benzene rings is 1. The normalized spacial score (nSPS) is 11.3. The molecule has 1 heterocycles. The highest BCUT2D eigenvalue weighted by molar-refractivity contribution is 7.87. The van der Waals surface area contributed by atoms with E-state index in [0.717, 1.165) is 11.6 Å². The van der Waals surface area contributed by atoms with Gasteiger partial charge in [0, 0.05) is 6.07 Å². The van der Waals surface area contributed by atoms with Crippen molar-refractivity contribution >= 4 is 10.1 Å². The molecule has 0 aliphatic heterocycles. The highest BCUT2D eigenvalue weighted by Crippen LogP contribution is 2.18. The van der Waals surface area contributed by atoms with Gasteiger partial charge in [0.2, 0.25) is 0 Å². The highest BCUT2D eigenvalue weighted by Gasteiger charge is 2.17. The number of aryl methyl sites for hydroxylation is 2. The summed E-state index contributed by atoms with van der Waals surface area (Å²) < 4.78 is 33.6. The average Bonchev–Trinajstić information content (AvgIpc) is 2.27. The first-order chi connectivity index (χ1) is 8.87. The topological polar surface area (TPSA) is 73.6 Å². The molecule has 100 valence electrons. The van der Waals surface area contributed by atoms with Crippen LogP contribution in [0.5, 0.6) is 5.75 Å². The second-order valence-corrected chi connectivity index (χ2v) is 5.62. The predicted octanol–water partition coefficient (Wildman–Crippen LogP) is 2.02. The van der Waals surface area contributed by atoms with Crippen LogP contribution in [0, 0.1) is 13.8 Å². The minimum absolute atomic E-state index is 0.0315. The fourth-order valence-electron chi connectivity index (χ4n) is 1.50. The van der Waals surface area contributed by atoms with Gasteiger partial charge in [-0.05, 0) is 26.0 Å². The van der Waals surface area contributed by atoms with Crippen molar-refractivity contribution in [2.45, 2.75) is 18.7 Å². The van der Waals surface area contributed by atoms with Gasteiger partial charge < -0.3 is 8.60 Å². The zero-order valence-corrected chi connectivity index (χ0v) is 11.2. The van der Waals surface area contributed by atoms with E-state index >= 15 is 0 Å². The van der Waals surface area contributed by atoms with E-state index < -0.39 is 15.7 Å².